The van der Waals surface area contributed by atoms with Crippen molar-refractivity contribution in [2.45, 2.75) is 18.9 Å². The molecule has 1 aromatic rings. The zero-order valence-corrected chi connectivity index (χ0v) is 15.2. The Hall–Kier alpha value is -1.08. The summed E-state index contributed by atoms with van der Waals surface area (Å²) in [5.74, 6) is -0.620. The Morgan fingerprint density at radius 1 is 1.30 bits per heavy atom. The maximum absolute atomic E-state index is 10.7. The van der Waals surface area contributed by atoms with Crippen LogP contribution in [0, 0.1) is 6.07 Å². The number of hydrogen-bond donors (Lipinski definition) is 1. The monoisotopic (exact) mass is 392 g/mol. The first-order valence-electron chi connectivity index (χ1n) is 6.77. The number of cyclic esters (lactones) is 2. The molecule has 9 heteroatoms. The van der Waals surface area contributed by atoms with Gasteiger partial charge in [-0.15, -0.1) is 11.9 Å². The van der Waals surface area contributed by atoms with E-state index >= 15 is 0 Å². The summed E-state index contributed by atoms with van der Waals surface area (Å²) in [5, 5.41) is 2.25. The van der Waals surface area contributed by atoms with Gasteiger partial charge in [0.15, 0.2) is 0 Å². The van der Waals surface area contributed by atoms with Gasteiger partial charge in [0.1, 0.15) is 6.04 Å². The number of nitrogens with one attached hydrogen (secondary N) is 1. The standard InChI is InChI=1S/C8H8BO2.C6H6NO4.Y/c1-2-4-8(5-3-1)9-10-6-7-11-9;8-3-1-2-4-5(9)11-6(10)7-4;/h1-4H,6-7H2;4H,1-2H2,(H,7,10);/q2*-1;. The second-order valence-corrected chi connectivity index (χ2v) is 4.48. The zero-order valence-electron chi connectivity index (χ0n) is 12.3. The first-order valence-corrected chi connectivity index (χ1v) is 6.77. The Labute approximate surface area is 159 Å². The molecule has 0 saturated carbocycles. The van der Waals surface area contributed by atoms with Crippen LogP contribution in [0.2, 0.25) is 0 Å². The molecule has 0 spiro atoms. The summed E-state index contributed by atoms with van der Waals surface area (Å²) in [6.07, 6.45) is 1.26. The first-order chi connectivity index (χ1) is 10.7. The number of carbonyl (C=O) groups is 2. The Balaban J connectivity index is 0.000000220. The molecule has 2 aliphatic heterocycles. The van der Waals surface area contributed by atoms with Crippen molar-refractivity contribution < 1.29 is 61.1 Å². The summed E-state index contributed by atoms with van der Waals surface area (Å²) in [6, 6.07) is 10.1. The van der Waals surface area contributed by atoms with Gasteiger partial charge in [-0.1, -0.05) is 0 Å². The predicted octanol–water partition coefficient (Wildman–Crippen LogP) is -0.262. The van der Waals surface area contributed by atoms with Crippen molar-refractivity contribution in [3.8, 4) is 0 Å². The maximum atomic E-state index is 10.7. The minimum atomic E-state index is -0.745. The van der Waals surface area contributed by atoms with E-state index in [9.17, 15) is 14.4 Å². The average molecular weight is 392 g/mol. The molecule has 23 heavy (non-hydrogen) atoms. The molecule has 2 heterocycles. The molecule has 1 amide bonds. The fraction of sp³-hybridized carbons (Fsp3) is 0.357. The van der Waals surface area contributed by atoms with Crippen molar-refractivity contribution in [2.75, 3.05) is 13.2 Å². The van der Waals surface area contributed by atoms with Gasteiger partial charge in [0.25, 0.3) is 0 Å². The van der Waals surface area contributed by atoms with Crippen LogP contribution < -0.4 is 10.8 Å². The van der Waals surface area contributed by atoms with Crippen molar-refractivity contribution >= 4 is 30.9 Å². The molecule has 0 bridgehead atoms. The van der Waals surface area contributed by atoms with E-state index in [0.717, 1.165) is 5.46 Å². The molecule has 2 aliphatic rings. The van der Waals surface area contributed by atoms with Gasteiger partial charge in [-0.05, 0) is 6.42 Å². The molecule has 1 N–H and O–H groups in total. The van der Waals surface area contributed by atoms with Crippen LogP contribution in [0.15, 0.2) is 24.3 Å². The number of esters is 1. The van der Waals surface area contributed by atoms with E-state index < -0.39 is 18.1 Å². The van der Waals surface area contributed by atoms with E-state index in [-0.39, 0.29) is 52.7 Å². The minimum absolute atomic E-state index is 0. The van der Waals surface area contributed by atoms with E-state index in [4.69, 9.17) is 9.31 Å². The summed E-state index contributed by atoms with van der Waals surface area (Å²) < 4.78 is 14.7. The van der Waals surface area contributed by atoms with Gasteiger partial charge < -0.3 is 24.2 Å². The van der Waals surface area contributed by atoms with Gasteiger partial charge in [-0.3, -0.25) is 6.29 Å². The zero-order chi connectivity index (χ0) is 15.8. The third kappa shape index (κ3) is 6.51. The van der Waals surface area contributed by atoms with Crippen LogP contribution in [0.25, 0.3) is 0 Å². The van der Waals surface area contributed by atoms with E-state index in [1.165, 1.54) is 0 Å². The number of carbonyl (C=O) groups excluding carboxylic acids is 3. The van der Waals surface area contributed by atoms with E-state index in [1.54, 1.807) is 6.29 Å². The van der Waals surface area contributed by atoms with Crippen LogP contribution in [-0.4, -0.2) is 44.7 Å². The van der Waals surface area contributed by atoms with E-state index in [2.05, 4.69) is 16.1 Å². The smallest absolute Gasteiger partial charge is 0.467 e. The van der Waals surface area contributed by atoms with Gasteiger partial charge in [-0.25, -0.2) is 9.59 Å². The molecule has 2 fully saturated rings. The van der Waals surface area contributed by atoms with Gasteiger partial charge in [0.2, 0.25) is 0 Å². The van der Waals surface area contributed by atoms with Gasteiger partial charge in [0, 0.05) is 32.7 Å². The quantitative estimate of drug-likeness (QED) is 0.329. The molecule has 1 unspecified atom stereocenters. The minimum Gasteiger partial charge on any atom is -0.542 e. The molecule has 1 aromatic carbocycles. The molecule has 3 rings (SSSR count). The molecule has 0 aromatic heterocycles. The Morgan fingerprint density at radius 2 is 2.04 bits per heavy atom. The largest absolute Gasteiger partial charge is 0.542 e. The number of hydrogen-bond acceptors (Lipinski definition) is 6. The summed E-state index contributed by atoms with van der Waals surface area (Å²) >= 11 is 0. The molecular formula is C14H14BNO6Y-2. The Kier molecular flexibility index (Phi) is 9.24. The Morgan fingerprint density at radius 3 is 2.57 bits per heavy atom. The second-order valence-electron chi connectivity index (χ2n) is 4.48. The molecule has 2 saturated heterocycles. The molecular weight excluding hydrogens is 378 g/mol. The van der Waals surface area contributed by atoms with Crippen LogP contribution in [0.3, 0.4) is 0 Å². The first kappa shape index (κ1) is 20.0. The topological polar surface area (TPSA) is 90.9 Å². The number of benzene rings is 1. The van der Waals surface area contributed by atoms with Crippen LogP contribution in [0.5, 0.6) is 0 Å². The summed E-state index contributed by atoms with van der Waals surface area (Å²) in [7, 11) is -0.184. The third-order valence-corrected chi connectivity index (χ3v) is 2.91. The van der Waals surface area contributed by atoms with Crippen LogP contribution in [0.4, 0.5) is 4.79 Å². The molecule has 0 aliphatic carbocycles. The summed E-state index contributed by atoms with van der Waals surface area (Å²) in [5.41, 5.74) is 0.977. The fourth-order valence-electron chi connectivity index (χ4n) is 1.88. The van der Waals surface area contributed by atoms with Crippen molar-refractivity contribution in [3.63, 3.8) is 0 Å². The average Bonchev–Trinajstić information content (AvgIpc) is 3.17. The fourth-order valence-corrected chi connectivity index (χ4v) is 1.88. The van der Waals surface area contributed by atoms with Crippen molar-refractivity contribution in [1.82, 2.24) is 5.32 Å². The number of amides is 1. The van der Waals surface area contributed by atoms with Gasteiger partial charge in [-0.2, -0.15) is 30.3 Å². The van der Waals surface area contributed by atoms with Gasteiger partial charge in [0.05, 0.1) is 13.2 Å². The number of rotatable bonds is 4. The van der Waals surface area contributed by atoms with E-state index in [1.807, 2.05) is 24.3 Å². The molecule has 119 valence electrons. The van der Waals surface area contributed by atoms with Crippen molar-refractivity contribution in [3.05, 3.63) is 30.3 Å². The summed E-state index contributed by atoms with van der Waals surface area (Å²) in [6.45, 7) is 1.38. The van der Waals surface area contributed by atoms with Crippen LogP contribution in [-0.2, 0) is 56.3 Å². The molecule has 1 radical (unpaired) electrons. The third-order valence-electron chi connectivity index (χ3n) is 2.91. The number of ether oxygens (including phenoxy) is 1. The number of alkyl carbamates (subject to hydrolysis) is 1. The van der Waals surface area contributed by atoms with Gasteiger partial charge >= 0.3 is 19.2 Å². The van der Waals surface area contributed by atoms with Crippen LogP contribution in [0.1, 0.15) is 12.8 Å². The molecule has 7 nitrogen and oxygen atoms in total. The predicted molar refractivity (Wildman–Crippen MR) is 75.9 cm³/mol. The van der Waals surface area contributed by atoms with Crippen molar-refractivity contribution in [1.29, 1.82) is 0 Å². The maximum Gasteiger partial charge on any atom is 0.467 e. The van der Waals surface area contributed by atoms with Crippen LogP contribution >= 0.6 is 0 Å². The van der Waals surface area contributed by atoms with E-state index in [0.29, 0.717) is 13.2 Å². The summed E-state index contributed by atoms with van der Waals surface area (Å²) in [4.78, 5) is 30.8. The Bertz CT molecular complexity index is 523. The normalized spacial score (nSPS) is 19.1. The molecule has 1 atom stereocenters. The SMILES string of the molecule is O=[C-]CCC1NC(=O)OC1=O.[Y].[c-]1ccccc1B1OCCO1. The second kappa shape index (κ2) is 10.6. The van der Waals surface area contributed by atoms with Crippen molar-refractivity contribution in [2.24, 2.45) is 0 Å².